The third-order valence-corrected chi connectivity index (χ3v) is 2.34. The zero-order valence-electron chi connectivity index (χ0n) is 10.2. The summed E-state index contributed by atoms with van der Waals surface area (Å²) in [6, 6.07) is 0. The van der Waals surface area contributed by atoms with E-state index in [1.807, 2.05) is 0 Å². The van der Waals surface area contributed by atoms with Gasteiger partial charge in [-0.05, 0) is 13.8 Å². The maximum absolute atomic E-state index is 9.44. The fourth-order valence-corrected chi connectivity index (χ4v) is 1.32. The summed E-state index contributed by atoms with van der Waals surface area (Å²) in [5, 5.41) is 0. The molecule has 1 rings (SSSR count). The maximum atomic E-state index is 9.44. The third kappa shape index (κ3) is 8.05. The number of ketones is 1. The number of hydrogen-bond acceptors (Lipinski definition) is 3. The van der Waals surface area contributed by atoms with Crippen molar-refractivity contribution in [1.82, 2.24) is 0 Å². The molecule has 0 aromatic heterocycles. The molecule has 1 aliphatic heterocycles. The fraction of sp³-hybridized carbons (Fsp3) is 0.818. The molecule has 16 heavy (non-hydrogen) atoms. The topological polar surface area (TPSA) is 55.5 Å². The first-order valence-corrected chi connectivity index (χ1v) is 4.96. The minimum Gasteiger partial charge on any atom is -0.326 e. The van der Waals surface area contributed by atoms with Crippen molar-refractivity contribution >= 4 is 11.6 Å². The predicted octanol–water partition coefficient (Wildman–Crippen LogP) is 1.05. The monoisotopic (exact) mass is 267 g/mol. The van der Waals surface area contributed by atoms with Gasteiger partial charge in [0, 0.05) is 32.0 Å². The molecule has 4 nitrogen and oxygen atoms in total. The normalized spacial score (nSPS) is 21.9. The molecule has 0 bridgehead atoms. The third-order valence-electron chi connectivity index (χ3n) is 2.34. The zero-order chi connectivity index (χ0) is 11.2. The number of rotatable bonds is 2. The molecule has 0 aliphatic carbocycles. The number of nitrogens with zero attached hydrogens (tertiary/aromatic N) is 2. The van der Waals surface area contributed by atoms with E-state index < -0.39 is 0 Å². The number of likely N-dealkylation sites (N-methyl/N-ethyl adjacent to an activating group) is 1. The molecular weight excluding hydrogens is 241 g/mol. The summed E-state index contributed by atoms with van der Waals surface area (Å²) in [7, 11) is 2.19. The molecule has 0 saturated carbocycles. The number of carbonyl (C=O) groups is 1. The Labute approximate surface area is 112 Å². The van der Waals surface area contributed by atoms with E-state index in [9.17, 15) is 4.79 Å². The second kappa shape index (κ2) is 10.0. The van der Waals surface area contributed by atoms with Crippen LogP contribution in [0.4, 0.5) is 0 Å². The number of nitrogens with two attached hydrogens (primary N) is 1. The molecule has 0 spiro atoms. The van der Waals surface area contributed by atoms with Crippen molar-refractivity contribution in [1.29, 1.82) is 0 Å². The van der Waals surface area contributed by atoms with Gasteiger partial charge in [0.05, 0.1) is 20.1 Å². The van der Waals surface area contributed by atoms with Crippen LogP contribution in [0.1, 0.15) is 28.2 Å². The van der Waals surface area contributed by atoms with Gasteiger partial charge in [-0.1, -0.05) is 7.43 Å². The number of hydrogen-bond donors (Lipinski definition) is 1. The van der Waals surface area contributed by atoms with Crippen LogP contribution in [0.5, 0.6) is 0 Å². The Hall–Kier alpha value is -0.156. The number of amidine groups is 1. The Morgan fingerprint density at radius 2 is 1.94 bits per heavy atom. The summed E-state index contributed by atoms with van der Waals surface area (Å²) in [6.07, 6.45) is 0. The molecule has 1 aliphatic rings. The zero-order valence-corrected chi connectivity index (χ0v) is 11.6. The van der Waals surface area contributed by atoms with Gasteiger partial charge >= 0.3 is 0 Å². The Balaban J connectivity index is -0.000000249. The van der Waals surface area contributed by atoms with Crippen LogP contribution in [0.3, 0.4) is 0 Å². The van der Waals surface area contributed by atoms with Crippen LogP contribution in [0.15, 0.2) is 4.99 Å². The molecule has 1 unspecified atom stereocenters. The number of Topliss-reactive ketones (excluding diaryl/α,β-unsaturated/α-hetero) is 1. The SMILES string of the molecule is C.CC(C)=O.CC1=NCC[N+]1(C)CCN.[V]. The van der Waals surface area contributed by atoms with E-state index >= 15 is 0 Å². The van der Waals surface area contributed by atoms with Gasteiger partial charge in [-0.2, -0.15) is 0 Å². The smallest absolute Gasteiger partial charge is 0.195 e. The van der Waals surface area contributed by atoms with Crippen LogP contribution in [0, 0.1) is 0 Å². The first kappa shape index (κ1) is 21.2. The quantitative estimate of drug-likeness (QED) is 0.760. The Bertz CT molecular complexity index is 227. The summed E-state index contributed by atoms with van der Waals surface area (Å²) >= 11 is 0. The molecule has 2 N–H and O–H groups in total. The van der Waals surface area contributed by atoms with E-state index in [4.69, 9.17) is 5.73 Å². The van der Waals surface area contributed by atoms with Gasteiger partial charge in [0.15, 0.2) is 5.84 Å². The number of quaternary nitrogens is 1. The van der Waals surface area contributed by atoms with Crippen molar-refractivity contribution in [2.24, 2.45) is 10.7 Å². The average Bonchev–Trinajstić information content (AvgIpc) is 2.31. The minimum absolute atomic E-state index is 0. The largest absolute Gasteiger partial charge is 0.326 e. The van der Waals surface area contributed by atoms with Crippen LogP contribution in [0.2, 0.25) is 0 Å². The molecular formula is C11H26N3OV+. The summed E-state index contributed by atoms with van der Waals surface area (Å²) in [4.78, 5) is 13.8. The molecule has 1 atom stereocenters. The Morgan fingerprint density at radius 1 is 1.50 bits per heavy atom. The Morgan fingerprint density at radius 3 is 2.19 bits per heavy atom. The number of aliphatic imine (C=N–C) groups is 1. The van der Waals surface area contributed by atoms with Crippen molar-refractivity contribution in [3.8, 4) is 0 Å². The molecule has 0 fully saturated rings. The van der Waals surface area contributed by atoms with Gasteiger partial charge in [0.1, 0.15) is 12.3 Å². The molecule has 1 heterocycles. The minimum atomic E-state index is 0. The first-order valence-electron chi connectivity index (χ1n) is 4.96. The van der Waals surface area contributed by atoms with Gasteiger partial charge in [-0.25, -0.2) is 4.99 Å². The molecule has 0 saturated heterocycles. The molecule has 0 amide bonds. The fourth-order valence-electron chi connectivity index (χ4n) is 1.32. The van der Waals surface area contributed by atoms with Crippen LogP contribution >= 0.6 is 0 Å². The van der Waals surface area contributed by atoms with E-state index in [-0.39, 0.29) is 31.8 Å². The number of carbonyl (C=O) groups excluding carboxylic acids is 1. The van der Waals surface area contributed by atoms with Crippen LogP contribution in [-0.4, -0.2) is 49.3 Å². The average molecular weight is 267 g/mol. The van der Waals surface area contributed by atoms with Crippen molar-refractivity contribution < 1.29 is 27.8 Å². The van der Waals surface area contributed by atoms with Crippen molar-refractivity contribution in [2.45, 2.75) is 28.2 Å². The van der Waals surface area contributed by atoms with Crippen LogP contribution in [-0.2, 0) is 23.4 Å². The Kier molecular flexibility index (Phi) is 13.3. The summed E-state index contributed by atoms with van der Waals surface area (Å²) in [5.41, 5.74) is 5.49. The second-order valence-corrected chi connectivity index (χ2v) is 3.97. The summed E-state index contributed by atoms with van der Waals surface area (Å²) < 4.78 is 0.955. The maximum Gasteiger partial charge on any atom is 0.195 e. The first-order chi connectivity index (χ1) is 6.42. The standard InChI is InChI=1S/C7H16N3.C3H6O.CH4.V/c1-7-9-4-6-10(7,2)5-3-8;1-3(2)4;;/h3-6,8H2,1-2H3;1-2H3;1H4;/q+1;;;. The van der Waals surface area contributed by atoms with Gasteiger partial charge in [0.2, 0.25) is 0 Å². The molecule has 5 heteroatoms. The van der Waals surface area contributed by atoms with Crippen molar-refractivity contribution in [2.75, 3.05) is 33.2 Å². The molecule has 0 aromatic carbocycles. The van der Waals surface area contributed by atoms with Gasteiger partial charge in [-0.3, -0.25) is 4.48 Å². The van der Waals surface area contributed by atoms with Gasteiger partial charge in [0.25, 0.3) is 0 Å². The van der Waals surface area contributed by atoms with E-state index in [2.05, 4.69) is 19.0 Å². The van der Waals surface area contributed by atoms with E-state index in [1.165, 1.54) is 19.7 Å². The predicted molar refractivity (Wildman–Crippen MR) is 66.0 cm³/mol. The molecule has 0 aromatic rings. The van der Waals surface area contributed by atoms with E-state index in [0.717, 1.165) is 30.7 Å². The van der Waals surface area contributed by atoms with Crippen LogP contribution in [0.25, 0.3) is 0 Å². The summed E-state index contributed by atoms with van der Waals surface area (Å²) in [5.74, 6) is 1.39. The van der Waals surface area contributed by atoms with E-state index in [0.29, 0.717) is 0 Å². The van der Waals surface area contributed by atoms with Crippen molar-refractivity contribution in [3.05, 3.63) is 0 Å². The molecule has 95 valence electrons. The summed E-state index contributed by atoms with van der Waals surface area (Å²) in [6.45, 7) is 9.02. The van der Waals surface area contributed by atoms with Gasteiger partial charge < -0.3 is 10.5 Å². The van der Waals surface area contributed by atoms with Gasteiger partial charge in [-0.15, -0.1) is 0 Å². The van der Waals surface area contributed by atoms with Crippen LogP contribution < -0.4 is 5.73 Å². The second-order valence-electron chi connectivity index (χ2n) is 3.97. The van der Waals surface area contributed by atoms with E-state index in [1.54, 1.807) is 0 Å². The van der Waals surface area contributed by atoms with Crippen molar-refractivity contribution in [3.63, 3.8) is 0 Å². The molecule has 1 radical (unpaired) electrons.